The highest BCUT2D eigenvalue weighted by Gasteiger charge is 2.17. The molecule has 0 atom stereocenters. The second-order valence-electron chi connectivity index (χ2n) is 3.84. The van der Waals surface area contributed by atoms with Gasteiger partial charge in [0.15, 0.2) is 23.3 Å². The summed E-state index contributed by atoms with van der Waals surface area (Å²) in [5.41, 5.74) is 0.439. The molecule has 0 fully saturated rings. The van der Waals surface area contributed by atoms with Gasteiger partial charge in [0.05, 0.1) is 6.54 Å². The van der Waals surface area contributed by atoms with Crippen LogP contribution in [0.1, 0.15) is 11.1 Å². The summed E-state index contributed by atoms with van der Waals surface area (Å²) in [6.07, 6.45) is 0.980. The van der Waals surface area contributed by atoms with E-state index in [9.17, 15) is 17.6 Å². The van der Waals surface area contributed by atoms with E-state index >= 15 is 0 Å². The van der Waals surface area contributed by atoms with Gasteiger partial charge < -0.3 is 0 Å². The molecule has 0 N–H and O–H groups in total. The largest absolute Gasteiger partial charge is 0.288 e. The Labute approximate surface area is 107 Å². The molecule has 0 radical (unpaired) electrons. The van der Waals surface area contributed by atoms with Gasteiger partial charge in [-0.3, -0.25) is 4.99 Å². The first-order chi connectivity index (χ1) is 9.09. The van der Waals surface area contributed by atoms with Gasteiger partial charge in [0.1, 0.15) is 0 Å². The number of halogens is 4. The van der Waals surface area contributed by atoms with Crippen LogP contribution < -0.4 is 0 Å². The first kappa shape index (κ1) is 13.3. The Morgan fingerprint density at radius 1 is 0.895 bits per heavy atom. The number of hydrogen-bond donors (Lipinski definition) is 0. The quantitative estimate of drug-likeness (QED) is 0.346. The van der Waals surface area contributed by atoms with Gasteiger partial charge in [-0.2, -0.15) is 0 Å². The van der Waals surface area contributed by atoms with Crippen molar-refractivity contribution < 1.29 is 17.6 Å². The molecule has 2 rings (SSSR count). The average Bonchev–Trinajstić information content (AvgIpc) is 2.43. The maximum Gasteiger partial charge on any atom is 0.198 e. The van der Waals surface area contributed by atoms with Gasteiger partial charge in [0.25, 0.3) is 0 Å². The van der Waals surface area contributed by atoms with Gasteiger partial charge in [-0.15, -0.1) is 0 Å². The number of rotatable bonds is 3. The number of hydrogen-bond acceptors (Lipinski definition) is 1. The van der Waals surface area contributed by atoms with E-state index in [-0.39, 0.29) is 6.54 Å². The molecule has 0 spiro atoms. The van der Waals surface area contributed by atoms with E-state index in [1.54, 1.807) is 12.1 Å². The normalized spacial score (nSPS) is 11.2. The smallest absolute Gasteiger partial charge is 0.198 e. The molecule has 0 saturated carbocycles. The molecular weight excluding hydrogens is 258 g/mol. The van der Waals surface area contributed by atoms with Crippen LogP contribution in [0.4, 0.5) is 17.6 Å². The molecule has 0 aliphatic carbocycles. The number of nitrogens with zero attached hydrogens (tertiary/aromatic N) is 1. The third-order valence-corrected chi connectivity index (χ3v) is 2.48. The van der Waals surface area contributed by atoms with E-state index in [0.717, 1.165) is 11.8 Å². The van der Waals surface area contributed by atoms with E-state index in [1.807, 2.05) is 18.2 Å². The minimum Gasteiger partial charge on any atom is -0.288 e. The molecule has 5 heteroatoms. The number of benzene rings is 2. The lowest BCUT2D eigenvalue weighted by atomic mass is 10.2. The Morgan fingerprint density at radius 2 is 1.58 bits per heavy atom. The van der Waals surface area contributed by atoms with E-state index in [2.05, 4.69) is 4.99 Å². The van der Waals surface area contributed by atoms with Crippen molar-refractivity contribution in [2.75, 3.05) is 0 Å². The van der Waals surface area contributed by atoms with Gasteiger partial charge in [-0.1, -0.05) is 30.3 Å². The number of aliphatic imine (C=N–C) groups is 1. The Kier molecular flexibility index (Phi) is 3.94. The summed E-state index contributed by atoms with van der Waals surface area (Å²) in [6.45, 7) is 0.237. The first-order valence-corrected chi connectivity index (χ1v) is 5.46. The van der Waals surface area contributed by atoms with Gasteiger partial charge in [-0.05, 0) is 11.6 Å². The average molecular weight is 267 g/mol. The lowest BCUT2D eigenvalue weighted by Gasteiger charge is -2.01. The predicted octanol–water partition coefficient (Wildman–Crippen LogP) is 3.86. The predicted molar refractivity (Wildman–Crippen MR) is 64.0 cm³/mol. The molecule has 0 unspecified atom stereocenters. The van der Waals surface area contributed by atoms with Crippen molar-refractivity contribution in [3.63, 3.8) is 0 Å². The van der Waals surface area contributed by atoms with Crippen LogP contribution in [-0.2, 0) is 6.54 Å². The molecule has 0 aliphatic heterocycles. The van der Waals surface area contributed by atoms with E-state index in [0.29, 0.717) is 6.07 Å². The standard InChI is InChI=1S/C14H9F4N/c15-11-6-10(12(16)14(18)13(11)17)8-19-7-9-4-2-1-3-5-9/h1-6,8H,7H2. The van der Waals surface area contributed by atoms with Crippen molar-refractivity contribution in [1.29, 1.82) is 0 Å². The fraction of sp³-hybridized carbons (Fsp3) is 0.0714. The molecule has 98 valence electrons. The molecule has 0 aliphatic rings. The van der Waals surface area contributed by atoms with Crippen molar-refractivity contribution in [2.45, 2.75) is 6.54 Å². The highest BCUT2D eigenvalue weighted by Crippen LogP contribution is 2.17. The van der Waals surface area contributed by atoms with Gasteiger partial charge >= 0.3 is 0 Å². The zero-order chi connectivity index (χ0) is 13.8. The topological polar surface area (TPSA) is 12.4 Å². The van der Waals surface area contributed by atoms with Crippen LogP contribution in [-0.4, -0.2) is 6.21 Å². The summed E-state index contributed by atoms with van der Waals surface area (Å²) in [6, 6.07) is 9.63. The van der Waals surface area contributed by atoms with Gasteiger partial charge in [0.2, 0.25) is 0 Å². The van der Waals surface area contributed by atoms with Crippen molar-refractivity contribution in [2.24, 2.45) is 4.99 Å². The van der Waals surface area contributed by atoms with Crippen LogP contribution in [0.15, 0.2) is 41.4 Å². The molecule has 19 heavy (non-hydrogen) atoms. The van der Waals surface area contributed by atoms with Crippen LogP contribution in [0.5, 0.6) is 0 Å². The lowest BCUT2D eigenvalue weighted by Crippen LogP contribution is -2.01. The van der Waals surface area contributed by atoms with Crippen molar-refractivity contribution in [3.8, 4) is 0 Å². The zero-order valence-corrected chi connectivity index (χ0v) is 9.71. The molecule has 2 aromatic carbocycles. The summed E-state index contributed by atoms with van der Waals surface area (Å²) in [7, 11) is 0. The fourth-order valence-corrected chi connectivity index (χ4v) is 1.52. The first-order valence-electron chi connectivity index (χ1n) is 5.46. The summed E-state index contributed by atoms with van der Waals surface area (Å²) in [4.78, 5) is 3.86. The molecule has 0 heterocycles. The minimum atomic E-state index is -1.83. The summed E-state index contributed by atoms with van der Waals surface area (Å²) < 4.78 is 51.9. The van der Waals surface area contributed by atoms with E-state index in [1.165, 1.54) is 0 Å². The van der Waals surface area contributed by atoms with Crippen LogP contribution in [0.2, 0.25) is 0 Å². The second-order valence-corrected chi connectivity index (χ2v) is 3.84. The molecule has 1 nitrogen and oxygen atoms in total. The highest BCUT2D eigenvalue weighted by molar-refractivity contribution is 5.80. The molecule has 0 saturated heterocycles. The Bertz CT molecular complexity index is 609. The van der Waals surface area contributed by atoms with Crippen LogP contribution in [0, 0.1) is 23.3 Å². The lowest BCUT2D eigenvalue weighted by molar-refractivity contribution is 0.408. The molecular formula is C14H9F4N. The third kappa shape index (κ3) is 2.99. The van der Waals surface area contributed by atoms with Crippen molar-refractivity contribution in [3.05, 3.63) is 70.8 Å². The van der Waals surface area contributed by atoms with E-state index in [4.69, 9.17) is 0 Å². The molecule has 0 amide bonds. The second kappa shape index (κ2) is 5.65. The highest BCUT2D eigenvalue weighted by atomic mass is 19.2. The maximum atomic E-state index is 13.3. The molecule has 0 bridgehead atoms. The summed E-state index contributed by atoms with van der Waals surface area (Å²) in [5.74, 6) is -6.55. The van der Waals surface area contributed by atoms with Crippen molar-refractivity contribution >= 4 is 6.21 Å². The molecule has 0 aromatic heterocycles. The SMILES string of the molecule is Fc1cc(C=NCc2ccccc2)c(F)c(F)c1F. The Balaban J connectivity index is 2.20. The van der Waals surface area contributed by atoms with E-state index < -0.39 is 28.8 Å². The molecule has 2 aromatic rings. The van der Waals surface area contributed by atoms with Gasteiger partial charge in [-0.25, -0.2) is 17.6 Å². The Hall–Kier alpha value is -2.17. The summed E-state index contributed by atoms with van der Waals surface area (Å²) in [5, 5.41) is 0. The van der Waals surface area contributed by atoms with Crippen LogP contribution >= 0.6 is 0 Å². The van der Waals surface area contributed by atoms with Gasteiger partial charge in [0, 0.05) is 11.8 Å². The van der Waals surface area contributed by atoms with Crippen molar-refractivity contribution in [1.82, 2.24) is 0 Å². The zero-order valence-electron chi connectivity index (χ0n) is 9.71. The van der Waals surface area contributed by atoms with Crippen LogP contribution in [0.25, 0.3) is 0 Å². The minimum absolute atomic E-state index is 0.237. The third-order valence-electron chi connectivity index (χ3n) is 2.48. The van der Waals surface area contributed by atoms with Crippen LogP contribution in [0.3, 0.4) is 0 Å². The monoisotopic (exact) mass is 267 g/mol. The summed E-state index contributed by atoms with van der Waals surface area (Å²) >= 11 is 0. The Morgan fingerprint density at radius 3 is 2.26 bits per heavy atom. The maximum absolute atomic E-state index is 13.3. The fourth-order valence-electron chi connectivity index (χ4n) is 1.52.